The monoisotopic (exact) mass is 180 g/mol. The highest BCUT2D eigenvalue weighted by atomic mass is 16.2. The van der Waals surface area contributed by atoms with Crippen LogP contribution in [0, 0.1) is 0 Å². The Morgan fingerprint density at radius 1 is 1.54 bits per heavy atom. The highest BCUT2D eigenvalue weighted by molar-refractivity contribution is 5.75. The summed E-state index contributed by atoms with van der Waals surface area (Å²) >= 11 is 0. The molecule has 1 amide bonds. The molecule has 0 aliphatic heterocycles. The van der Waals surface area contributed by atoms with Crippen LogP contribution in [0.2, 0.25) is 0 Å². The van der Waals surface area contributed by atoms with Crippen molar-refractivity contribution in [3.05, 3.63) is 34.2 Å². The second kappa shape index (κ2) is 3.66. The number of aldehydes is 1. The normalized spacial score (nSPS) is 9.54. The molecule has 5 nitrogen and oxygen atoms in total. The van der Waals surface area contributed by atoms with E-state index in [1.54, 1.807) is 0 Å². The number of pyridine rings is 1. The second-order valence-electron chi connectivity index (χ2n) is 2.51. The number of hydrogen-bond donors (Lipinski definition) is 1. The first-order valence-electron chi connectivity index (χ1n) is 3.57. The van der Waals surface area contributed by atoms with E-state index < -0.39 is 5.91 Å². The maximum Gasteiger partial charge on any atom is 0.251 e. The average Bonchev–Trinajstić information content (AvgIpc) is 2.08. The molecule has 0 aliphatic rings. The first kappa shape index (κ1) is 9.18. The zero-order valence-corrected chi connectivity index (χ0v) is 6.77. The predicted octanol–water partition coefficient (Wildman–Crippen LogP) is -0.854. The van der Waals surface area contributed by atoms with Gasteiger partial charge in [-0.25, -0.2) is 0 Å². The number of nitrogens with two attached hydrogens (primary N) is 1. The lowest BCUT2D eigenvalue weighted by Crippen LogP contribution is -2.27. The Morgan fingerprint density at radius 3 is 2.77 bits per heavy atom. The zero-order chi connectivity index (χ0) is 9.84. The third-order valence-electron chi connectivity index (χ3n) is 1.47. The summed E-state index contributed by atoms with van der Waals surface area (Å²) in [4.78, 5) is 31.9. The van der Waals surface area contributed by atoms with Gasteiger partial charge in [0.15, 0.2) is 6.29 Å². The summed E-state index contributed by atoms with van der Waals surface area (Å²) in [5.74, 6) is -0.620. The van der Waals surface area contributed by atoms with Gasteiger partial charge in [0, 0.05) is 17.8 Å². The van der Waals surface area contributed by atoms with E-state index in [0.29, 0.717) is 11.8 Å². The fourth-order valence-electron chi connectivity index (χ4n) is 0.911. The SMILES string of the molecule is NC(=O)Cn1cc(C=O)ccc1=O. The van der Waals surface area contributed by atoms with Crippen LogP contribution in [0.5, 0.6) is 0 Å². The number of aromatic nitrogens is 1. The van der Waals surface area contributed by atoms with Crippen LogP contribution in [0.4, 0.5) is 0 Å². The minimum atomic E-state index is -0.620. The average molecular weight is 180 g/mol. The Hall–Kier alpha value is -1.91. The van der Waals surface area contributed by atoms with Gasteiger partial charge in [0.1, 0.15) is 6.54 Å². The van der Waals surface area contributed by atoms with Gasteiger partial charge in [-0.15, -0.1) is 0 Å². The Labute approximate surface area is 73.8 Å². The molecule has 1 aromatic rings. The molecule has 0 unspecified atom stereocenters. The molecular formula is C8H8N2O3. The lowest BCUT2D eigenvalue weighted by atomic mass is 10.3. The fourth-order valence-corrected chi connectivity index (χ4v) is 0.911. The summed E-state index contributed by atoms with van der Waals surface area (Å²) in [6, 6.07) is 2.60. The molecule has 0 saturated carbocycles. The highest BCUT2D eigenvalue weighted by Crippen LogP contribution is 1.90. The van der Waals surface area contributed by atoms with Crippen LogP contribution >= 0.6 is 0 Å². The van der Waals surface area contributed by atoms with Gasteiger partial charge in [-0.3, -0.25) is 14.4 Å². The molecule has 1 rings (SSSR count). The van der Waals surface area contributed by atoms with Crippen molar-refractivity contribution in [3.63, 3.8) is 0 Å². The molecule has 68 valence electrons. The van der Waals surface area contributed by atoms with E-state index in [0.717, 1.165) is 4.57 Å². The van der Waals surface area contributed by atoms with E-state index >= 15 is 0 Å². The number of hydrogen-bond acceptors (Lipinski definition) is 3. The van der Waals surface area contributed by atoms with E-state index in [9.17, 15) is 14.4 Å². The smallest absolute Gasteiger partial charge is 0.251 e. The minimum absolute atomic E-state index is 0.208. The lowest BCUT2D eigenvalue weighted by Gasteiger charge is -2.01. The van der Waals surface area contributed by atoms with Gasteiger partial charge in [0.2, 0.25) is 5.91 Å². The molecule has 5 heteroatoms. The van der Waals surface area contributed by atoms with Crippen LogP contribution in [0.1, 0.15) is 10.4 Å². The van der Waals surface area contributed by atoms with Crippen LogP contribution in [0.15, 0.2) is 23.1 Å². The minimum Gasteiger partial charge on any atom is -0.368 e. The van der Waals surface area contributed by atoms with E-state index in [1.807, 2.05) is 0 Å². The molecule has 0 aromatic carbocycles. The van der Waals surface area contributed by atoms with E-state index in [4.69, 9.17) is 5.73 Å². The number of carbonyl (C=O) groups is 2. The third-order valence-corrected chi connectivity index (χ3v) is 1.47. The molecule has 2 N–H and O–H groups in total. The molecule has 1 aromatic heterocycles. The zero-order valence-electron chi connectivity index (χ0n) is 6.77. The predicted molar refractivity (Wildman–Crippen MR) is 45.3 cm³/mol. The van der Waals surface area contributed by atoms with E-state index in [1.165, 1.54) is 18.3 Å². The topological polar surface area (TPSA) is 82.2 Å². The maximum absolute atomic E-state index is 11.1. The van der Waals surface area contributed by atoms with Gasteiger partial charge in [-0.2, -0.15) is 0 Å². The molecule has 0 fully saturated rings. The summed E-state index contributed by atoms with van der Waals surface area (Å²) in [6.07, 6.45) is 1.89. The Bertz CT molecular complexity index is 395. The van der Waals surface area contributed by atoms with Crippen LogP contribution in [0.25, 0.3) is 0 Å². The summed E-state index contributed by atoms with van der Waals surface area (Å²) < 4.78 is 1.09. The number of nitrogens with zero attached hydrogens (tertiary/aromatic N) is 1. The van der Waals surface area contributed by atoms with Crippen LogP contribution in [-0.2, 0) is 11.3 Å². The van der Waals surface area contributed by atoms with Crippen LogP contribution in [-0.4, -0.2) is 16.8 Å². The Balaban J connectivity index is 3.11. The van der Waals surface area contributed by atoms with Gasteiger partial charge in [0.25, 0.3) is 5.56 Å². The van der Waals surface area contributed by atoms with Gasteiger partial charge < -0.3 is 10.3 Å². The molecule has 0 radical (unpaired) electrons. The molecule has 0 saturated heterocycles. The van der Waals surface area contributed by atoms with Crippen molar-refractivity contribution in [2.45, 2.75) is 6.54 Å². The van der Waals surface area contributed by atoms with Crippen molar-refractivity contribution in [1.82, 2.24) is 4.57 Å². The Kier molecular flexibility index (Phi) is 2.59. The molecule has 0 bridgehead atoms. The molecule has 0 aliphatic carbocycles. The first-order valence-corrected chi connectivity index (χ1v) is 3.57. The summed E-state index contributed by atoms with van der Waals surface area (Å²) in [5.41, 5.74) is 4.87. The maximum atomic E-state index is 11.1. The number of rotatable bonds is 3. The Morgan fingerprint density at radius 2 is 2.23 bits per heavy atom. The van der Waals surface area contributed by atoms with Crippen molar-refractivity contribution in [3.8, 4) is 0 Å². The quantitative estimate of drug-likeness (QED) is 0.615. The molecule has 0 atom stereocenters. The van der Waals surface area contributed by atoms with Crippen molar-refractivity contribution in [2.24, 2.45) is 5.73 Å². The van der Waals surface area contributed by atoms with Crippen molar-refractivity contribution in [1.29, 1.82) is 0 Å². The first-order chi connectivity index (χ1) is 6.13. The fraction of sp³-hybridized carbons (Fsp3) is 0.125. The van der Waals surface area contributed by atoms with Gasteiger partial charge >= 0.3 is 0 Å². The van der Waals surface area contributed by atoms with Gasteiger partial charge in [-0.05, 0) is 6.07 Å². The number of carbonyl (C=O) groups excluding carboxylic acids is 2. The second-order valence-corrected chi connectivity index (χ2v) is 2.51. The van der Waals surface area contributed by atoms with Crippen molar-refractivity contribution < 1.29 is 9.59 Å². The molecular weight excluding hydrogens is 172 g/mol. The van der Waals surface area contributed by atoms with Crippen molar-refractivity contribution >= 4 is 12.2 Å². The third kappa shape index (κ3) is 2.26. The lowest BCUT2D eigenvalue weighted by molar-refractivity contribution is -0.118. The van der Waals surface area contributed by atoms with Crippen LogP contribution in [0.3, 0.4) is 0 Å². The number of amides is 1. The van der Waals surface area contributed by atoms with E-state index in [2.05, 4.69) is 0 Å². The molecule has 1 heterocycles. The summed E-state index contributed by atoms with van der Waals surface area (Å²) in [6.45, 7) is -0.208. The van der Waals surface area contributed by atoms with E-state index in [-0.39, 0.29) is 12.1 Å². The number of primary amides is 1. The summed E-state index contributed by atoms with van der Waals surface area (Å²) in [5, 5.41) is 0. The van der Waals surface area contributed by atoms with Crippen molar-refractivity contribution in [2.75, 3.05) is 0 Å². The summed E-state index contributed by atoms with van der Waals surface area (Å²) in [7, 11) is 0. The highest BCUT2D eigenvalue weighted by Gasteiger charge is 2.00. The molecule has 13 heavy (non-hydrogen) atoms. The van der Waals surface area contributed by atoms with Crippen LogP contribution < -0.4 is 11.3 Å². The van der Waals surface area contributed by atoms with Gasteiger partial charge in [-0.1, -0.05) is 0 Å². The molecule has 0 spiro atoms. The standard InChI is InChI=1S/C8H8N2O3/c9-7(12)4-10-3-6(5-11)1-2-8(10)13/h1-3,5H,4H2,(H2,9,12). The largest absolute Gasteiger partial charge is 0.368 e. The van der Waals surface area contributed by atoms with Gasteiger partial charge in [0.05, 0.1) is 0 Å².